The first-order chi connectivity index (χ1) is 10.1. The molecule has 0 aliphatic heterocycles. The summed E-state index contributed by atoms with van der Waals surface area (Å²) in [5.74, 6) is 0.184. The van der Waals surface area contributed by atoms with Crippen LogP contribution < -0.4 is 4.74 Å². The Balaban J connectivity index is 1.83. The van der Waals surface area contributed by atoms with Crippen molar-refractivity contribution >= 4 is 38.8 Å². The molecule has 3 aromatic rings. The van der Waals surface area contributed by atoms with Gasteiger partial charge in [-0.15, -0.1) is 11.3 Å². The molecular weight excluding hydrogens is 312 g/mol. The number of nitro groups is 1. The summed E-state index contributed by atoms with van der Waals surface area (Å²) in [6, 6.07) is 12.1. The third kappa shape index (κ3) is 2.96. The smallest absolute Gasteiger partial charge is 0.312 e. The van der Waals surface area contributed by atoms with Gasteiger partial charge in [0.25, 0.3) is 0 Å². The van der Waals surface area contributed by atoms with Gasteiger partial charge in [0.2, 0.25) is 0 Å². The number of fused-ring (bicyclic) bond motifs is 1. The second-order valence-electron chi connectivity index (χ2n) is 4.23. The molecule has 0 saturated heterocycles. The van der Waals surface area contributed by atoms with E-state index in [0.29, 0.717) is 5.02 Å². The Morgan fingerprint density at radius 2 is 2.10 bits per heavy atom. The molecule has 0 atom stereocenters. The van der Waals surface area contributed by atoms with Gasteiger partial charge in [0.1, 0.15) is 11.6 Å². The maximum Gasteiger partial charge on any atom is 0.312 e. The molecule has 0 N–H and O–H groups in total. The summed E-state index contributed by atoms with van der Waals surface area (Å²) in [6.45, 7) is 0.182. The van der Waals surface area contributed by atoms with Gasteiger partial charge in [-0.1, -0.05) is 23.7 Å². The van der Waals surface area contributed by atoms with Crippen LogP contribution in [0.2, 0.25) is 5.02 Å². The molecule has 0 aliphatic carbocycles. The largest absolute Gasteiger partial charge is 0.479 e. The summed E-state index contributed by atoms with van der Waals surface area (Å²) < 4.78 is 6.57. The average molecular weight is 321 g/mol. The van der Waals surface area contributed by atoms with Crippen molar-refractivity contribution in [3.63, 3.8) is 0 Å². The summed E-state index contributed by atoms with van der Waals surface area (Å²) in [5.41, 5.74) is 0.746. The summed E-state index contributed by atoms with van der Waals surface area (Å²) in [7, 11) is 0. The fraction of sp³-hybridized carbons (Fsp3) is 0.0714. The second kappa shape index (κ2) is 5.67. The monoisotopic (exact) mass is 320 g/mol. The molecule has 106 valence electrons. The van der Waals surface area contributed by atoms with E-state index in [0.717, 1.165) is 15.2 Å². The molecule has 0 unspecified atom stereocenters. The van der Waals surface area contributed by atoms with E-state index in [1.165, 1.54) is 23.5 Å². The molecule has 0 saturated carbocycles. The van der Waals surface area contributed by atoms with Crippen LogP contribution in [0.4, 0.5) is 5.69 Å². The zero-order valence-electron chi connectivity index (χ0n) is 10.7. The predicted molar refractivity (Wildman–Crippen MR) is 82.1 cm³/mol. The van der Waals surface area contributed by atoms with E-state index in [2.05, 4.69) is 4.98 Å². The third-order valence-electron chi connectivity index (χ3n) is 2.81. The zero-order valence-corrected chi connectivity index (χ0v) is 12.2. The maximum absolute atomic E-state index is 11.0. The highest BCUT2D eigenvalue weighted by Crippen LogP contribution is 2.31. The van der Waals surface area contributed by atoms with Gasteiger partial charge in [-0.05, 0) is 24.3 Å². The molecule has 7 heteroatoms. The fourth-order valence-corrected chi connectivity index (χ4v) is 2.92. The lowest BCUT2D eigenvalue weighted by Crippen LogP contribution is -1.98. The normalized spacial score (nSPS) is 10.7. The first-order valence-corrected chi connectivity index (χ1v) is 7.24. The fourth-order valence-electron chi connectivity index (χ4n) is 1.88. The maximum atomic E-state index is 11.0. The van der Waals surface area contributed by atoms with E-state index in [-0.39, 0.29) is 18.0 Å². The first kappa shape index (κ1) is 13.8. The minimum absolute atomic E-state index is 0.149. The lowest BCUT2D eigenvalue weighted by molar-refractivity contribution is -0.385. The predicted octanol–water partition coefficient (Wildman–Crippen LogP) is 4.44. The van der Waals surface area contributed by atoms with Gasteiger partial charge in [0, 0.05) is 11.1 Å². The Bertz CT molecular complexity index is 786. The number of halogens is 1. The number of benzene rings is 2. The highest BCUT2D eigenvalue weighted by Gasteiger charge is 2.16. The molecular formula is C14H9ClN2O3S. The van der Waals surface area contributed by atoms with Crippen LogP contribution in [0, 0.1) is 10.1 Å². The van der Waals surface area contributed by atoms with E-state index < -0.39 is 4.92 Å². The van der Waals surface area contributed by atoms with Gasteiger partial charge >= 0.3 is 5.69 Å². The molecule has 1 aromatic heterocycles. The van der Waals surface area contributed by atoms with Crippen LogP contribution in [0.25, 0.3) is 10.2 Å². The minimum Gasteiger partial charge on any atom is -0.479 e. The topological polar surface area (TPSA) is 65.3 Å². The standard InChI is InChI=1S/C14H9ClN2O3S/c15-9-5-6-12(11(7-9)17(18)19)20-8-14-16-10-3-1-2-4-13(10)21-14/h1-7H,8H2. The van der Waals surface area contributed by atoms with Gasteiger partial charge in [-0.2, -0.15) is 0 Å². The molecule has 0 aliphatic rings. The molecule has 0 bridgehead atoms. The number of hydrogen-bond donors (Lipinski definition) is 0. The van der Waals surface area contributed by atoms with E-state index in [1.54, 1.807) is 6.07 Å². The van der Waals surface area contributed by atoms with E-state index in [9.17, 15) is 10.1 Å². The van der Waals surface area contributed by atoms with E-state index in [4.69, 9.17) is 16.3 Å². The molecule has 1 heterocycles. The van der Waals surface area contributed by atoms with Gasteiger partial charge in [-0.3, -0.25) is 10.1 Å². The number of aromatic nitrogens is 1. The molecule has 2 aromatic carbocycles. The van der Waals surface area contributed by atoms with Crippen molar-refractivity contribution < 1.29 is 9.66 Å². The van der Waals surface area contributed by atoms with Crippen LogP contribution in [0.15, 0.2) is 42.5 Å². The Hall–Kier alpha value is -2.18. The quantitative estimate of drug-likeness (QED) is 0.526. The SMILES string of the molecule is O=[N+]([O-])c1cc(Cl)ccc1OCc1nc2ccccc2s1. The van der Waals surface area contributed by atoms with E-state index >= 15 is 0 Å². The van der Waals surface area contributed by atoms with Crippen LogP contribution in [0.5, 0.6) is 5.75 Å². The summed E-state index contributed by atoms with van der Waals surface area (Å²) in [5, 5.41) is 12.0. The van der Waals surface area contributed by atoms with Crippen molar-refractivity contribution in [2.45, 2.75) is 6.61 Å². The number of ether oxygens (including phenoxy) is 1. The molecule has 0 radical (unpaired) electrons. The molecule has 0 fully saturated rings. The Labute approximate surface area is 128 Å². The van der Waals surface area contributed by atoms with Crippen LogP contribution in [0.3, 0.4) is 0 Å². The third-order valence-corrected chi connectivity index (χ3v) is 4.05. The summed E-state index contributed by atoms with van der Waals surface area (Å²) >= 11 is 7.26. The number of rotatable bonds is 4. The highest BCUT2D eigenvalue weighted by atomic mass is 35.5. The molecule has 3 rings (SSSR count). The van der Waals surface area contributed by atoms with Gasteiger partial charge in [0.15, 0.2) is 5.75 Å². The van der Waals surface area contributed by atoms with Crippen molar-refractivity contribution in [1.82, 2.24) is 4.98 Å². The Kier molecular flexibility index (Phi) is 3.72. The highest BCUT2D eigenvalue weighted by molar-refractivity contribution is 7.18. The second-order valence-corrected chi connectivity index (χ2v) is 5.78. The van der Waals surface area contributed by atoms with Crippen LogP contribution in [-0.4, -0.2) is 9.91 Å². The van der Waals surface area contributed by atoms with Crippen LogP contribution >= 0.6 is 22.9 Å². The van der Waals surface area contributed by atoms with Gasteiger partial charge in [0.05, 0.1) is 15.1 Å². The number of para-hydroxylation sites is 1. The van der Waals surface area contributed by atoms with E-state index in [1.807, 2.05) is 24.3 Å². The van der Waals surface area contributed by atoms with Gasteiger partial charge < -0.3 is 4.74 Å². The summed E-state index contributed by atoms with van der Waals surface area (Å²) in [6.07, 6.45) is 0. The van der Waals surface area contributed by atoms with Crippen molar-refractivity contribution in [3.8, 4) is 5.75 Å². The van der Waals surface area contributed by atoms with Gasteiger partial charge in [-0.25, -0.2) is 4.98 Å². The first-order valence-electron chi connectivity index (χ1n) is 6.04. The van der Waals surface area contributed by atoms with Crippen molar-refractivity contribution in [2.24, 2.45) is 0 Å². The molecule has 21 heavy (non-hydrogen) atoms. The lowest BCUT2D eigenvalue weighted by atomic mass is 10.3. The number of nitrogens with zero attached hydrogens (tertiary/aromatic N) is 2. The number of nitro benzene ring substituents is 1. The van der Waals surface area contributed by atoms with Crippen molar-refractivity contribution in [2.75, 3.05) is 0 Å². The lowest BCUT2D eigenvalue weighted by Gasteiger charge is -2.04. The summed E-state index contributed by atoms with van der Waals surface area (Å²) in [4.78, 5) is 14.9. The number of thiazole rings is 1. The van der Waals surface area contributed by atoms with Crippen LogP contribution in [0.1, 0.15) is 5.01 Å². The average Bonchev–Trinajstić information content (AvgIpc) is 2.88. The number of hydrogen-bond acceptors (Lipinski definition) is 5. The molecule has 0 spiro atoms. The van der Waals surface area contributed by atoms with Crippen LogP contribution in [-0.2, 0) is 6.61 Å². The molecule has 0 amide bonds. The van der Waals surface area contributed by atoms with Crippen molar-refractivity contribution in [1.29, 1.82) is 0 Å². The zero-order chi connectivity index (χ0) is 14.8. The van der Waals surface area contributed by atoms with Crippen molar-refractivity contribution in [3.05, 3.63) is 62.6 Å². The Morgan fingerprint density at radius 1 is 1.29 bits per heavy atom. The Morgan fingerprint density at radius 3 is 2.86 bits per heavy atom. The molecule has 5 nitrogen and oxygen atoms in total. The minimum atomic E-state index is -0.514.